The van der Waals surface area contributed by atoms with Gasteiger partial charge in [-0.15, -0.1) is 0 Å². The number of carbonyl (C=O) groups excluding carboxylic acids is 2. The largest absolute Gasteiger partial charge is 0.333 e. The number of hydrazine groups is 1. The summed E-state index contributed by atoms with van der Waals surface area (Å²) in [7, 11) is 0. The van der Waals surface area contributed by atoms with Gasteiger partial charge in [-0.3, -0.25) is 10.2 Å². The van der Waals surface area contributed by atoms with Crippen LogP contribution >= 0.6 is 0 Å². The fraction of sp³-hybridized carbons (Fsp3) is 0.273. The van der Waals surface area contributed by atoms with E-state index in [0.717, 1.165) is 0 Å². The van der Waals surface area contributed by atoms with Gasteiger partial charge in [-0.2, -0.15) is 0 Å². The SMILES string of the molecule is C[C@H](N)C(=O)NNC(=O)NCc1ccccc1F. The Hall–Kier alpha value is -2.15. The lowest BCUT2D eigenvalue weighted by molar-refractivity contribution is -0.122. The normalized spacial score (nSPS) is 11.5. The van der Waals surface area contributed by atoms with Crippen molar-refractivity contribution in [3.05, 3.63) is 35.6 Å². The Morgan fingerprint density at radius 2 is 2.00 bits per heavy atom. The van der Waals surface area contributed by atoms with Crippen LogP contribution in [0.15, 0.2) is 24.3 Å². The number of carbonyl (C=O) groups is 2. The van der Waals surface area contributed by atoms with Crippen molar-refractivity contribution in [2.75, 3.05) is 0 Å². The number of benzene rings is 1. The monoisotopic (exact) mass is 254 g/mol. The molecule has 0 spiro atoms. The minimum atomic E-state index is -0.725. The summed E-state index contributed by atoms with van der Waals surface area (Å²) in [5.74, 6) is -0.923. The van der Waals surface area contributed by atoms with Crippen LogP contribution in [0.1, 0.15) is 12.5 Å². The first kappa shape index (κ1) is 13.9. The Balaban J connectivity index is 2.34. The first-order chi connectivity index (χ1) is 8.50. The second-order valence-electron chi connectivity index (χ2n) is 3.68. The van der Waals surface area contributed by atoms with E-state index in [1.807, 2.05) is 0 Å². The summed E-state index contributed by atoms with van der Waals surface area (Å²) in [5.41, 5.74) is 9.84. The van der Waals surface area contributed by atoms with Crippen molar-refractivity contribution in [3.63, 3.8) is 0 Å². The molecular weight excluding hydrogens is 239 g/mol. The Bertz CT molecular complexity index is 437. The summed E-state index contributed by atoms with van der Waals surface area (Å²) in [6, 6.07) is 4.70. The molecule has 0 unspecified atom stereocenters. The number of halogens is 1. The minimum Gasteiger partial charge on any atom is -0.333 e. The number of amides is 3. The summed E-state index contributed by atoms with van der Waals surface area (Å²) < 4.78 is 13.2. The van der Waals surface area contributed by atoms with Crippen LogP contribution in [0, 0.1) is 5.82 Å². The van der Waals surface area contributed by atoms with Crippen molar-refractivity contribution in [1.29, 1.82) is 0 Å². The highest BCUT2D eigenvalue weighted by molar-refractivity contribution is 5.84. The quantitative estimate of drug-likeness (QED) is 0.572. The van der Waals surface area contributed by atoms with Crippen molar-refractivity contribution in [3.8, 4) is 0 Å². The standard InChI is InChI=1S/C11H15FN4O2/c1-7(13)10(17)15-16-11(18)14-6-8-4-2-3-5-9(8)12/h2-5,7H,6,13H2,1H3,(H,15,17)(H2,14,16,18)/t7-/m0/s1. The molecule has 0 aliphatic carbocycles. The number of hydrogen-bond donors (Lipinski definition) is 4. The molecule has 6 nitrogen and oxygen atoms in total. The molecule has 1 atom stereocenters. The second-order valence-corrected chi connectivity index (χ2v) is 3.68. The minimum absolute atomic E-state index is 0.0204. The summed E-state index contributed by atoms with van der Waals surface area (Å²) in [6.45, 7) is 1.50. The Morgan fingerprint density at radius 1 is 1.33 bits per heavy atom. The van der Waals surface area contributed by atoms with Gasteiger partial charge in [0.15, 0.2) is 0 Å². The molecule has 0 aliphatic rings. The number of urea groups is 1. The van der Waals surface area contributed by atoms with Crippen LogP contribution in [0.5, 0.6) is 0 Å². The predicted molar refractivity (Wildman–Crippen MR) is 63.6 cm³/mol. The maximum Gasteiger partial charge on any atom is 0.333 e. The van der Waals surface area contributed by atoms with E-state index in [4.69, 9.17) is 5.73 Å². The molecule has 0 saturated heterocycles. The maximum absolute atomic E-state index is 13.2. The van der Waals surface area contributed by atoms with Gasteiger partial charge in [-0.05, 0) is 13.0 Å². The lowest BCUT2D eigenvalue weighted by atomic mass is 10.2. The smallest absolute Gasteiger partial charge is 0.333 e. The van der Waals surface area contributed by atoms with Crippen LogP contribution in [0.3, 0.4) is 0 Å². The molecular formula is C11H15FN4O2. The molecule has 3 amide bonds. The van der Waals surface area contributed by atoms with Gasteiger partial charge < -0.3 is 11.1 Å². The Labute approximate surface area is 104 Å². The van der Waals surface area contributed by atoms with Gasteiger partial charge in [0, 0.05) is 12.1 Å². The van der Waals surface area contributed by atoms with Crippen LogP contribution in [0.25, 0.3) is 0 Å². The fourth-order valence-corrected chi connectivity index (χ4v) is 1.09. The van der Waals surface area contributed by atoms with Gasteiger partial charge in [-0.1, -0.05) is 18.2 Å². The van der Waals surface area contributed by atoms with Crippen molar-refractivity contribution in [2.24, 2.45) is 5.73 Å². The van der Waals surface area contributed by atoms with Gasteiger partial charge in [0.2, 0.25) is 0 Å². The van der Waals surface area contributed by atoms with E-state index in [9.17, 15) is 14.0 Å². The van der Waals surface area contributed by atoms with Gasteiger partial charge in [0.25, 0.3) is 5.91 Å². The third-order valence-electron chi connectivity index (χ3n) is 2.11. The molecule has 0 bridgehead atoms. The van der Waals surface area contributed by atoms with Crippen LogP contribution in [0.4, 0.5) is 9.18 Å². The molecule has 1 aromatic carbocycles. The zero-order chi connectivity index (χ0) is 13.5. The Kier molecular flexibility index (Phi) is 5.06. The van der Waals surface area contributed by atoms with Gasteiger partial charge in [0.05, 0.1) is 6.04 Å². The van der Waals surface area contributed by atoms with Gasteiger partial charge >= 0.3 is 6.03 Å². The van der Waals surface area contributed by atoms with Crippen molar-refractivity contribution >= 4 is 11.9 Å². The molecule has 1 rings (SSSR count). The second kappa shape index (κ2) is 6.55. The lowest BCUT2D eigenvalue weighted by Gasteiger charge is -2.10. The van der Waals surface area contributed by atoms with Gasteiger partial charge in [-0.25, -0.2) is 14.6 Å². The molecule has 0 radical (unpaired) electrons. The highest BCUT2D eigenvalue weighted by atomic mass is 19.1. The summed E-state index contributed by atoms with van der Waals surface area (Å²) in [4.78, 5) is 22.3. The Morgan fingerprint density at radius 3 is 2.61 bits per heavy atom. The topological polar surface area (TPSA) is 96.2 Å². The van der Waals surface area contributed by atoms with E-state index < -0.39 is 23.8 Å². The first-order valence-corrected chi connectivity index (χ1v) is 5.33. The number of hydrogen-bond acceptors (Lipinski definition) is 3. The van der Waals surface area contributed by atoms with Crippen LogP contribution in [-0.4, -0.2) is 18.0 Å². The number of nitrogens with one attached hydrogen (secondary N) is 3. The average molecular weight is 254 g/mol. The number of nitrogens with two attached hydrogens (primary N) is 1. The lowest BCUT2D eigenvalue weighted by Crippen LogP contribution is -2.51. The molecule has 0 aromatic heterocycles. The first-order valence-electron chi connectivity index (χ1n) is 5.33. The molecule has 7 heteroatoms. The van der Waals surface area contributed by atoms with Crippen molar-refractivity contribution in [2.45, 2.75) is 19.5 Å². The van der Waals surface area contributed by atoms with Crippen LogP contribution < -0.4 is 21.9 Å². The third kappa shape index (κ3) is 4.38. The van der Waals surface area contributed by atoms with Crippen molar-refractivity contribution in [1.82, 2.24) is 16.2 Å². The molecule has 5 N–H and O–H groups in total. The molecule has 0 saturated carbocycles. The molecule has 0 heterocycles. The van der Waals surface area contributed by atoms with E-state index >= 15 is 0 Å². The predicted octanol–water partition coefficient (Wildman–Crippen LogP) is 0.00330. The highest BCUT2D eigenvalue weighted by Crippen LogP contribution is 2.04. The zero-order valence-electron chi connectivity index (χ0n) is 9.87. The van der Waals surface area contributed by atoms with E-state index in [1.165, 1.54) is 13.0 Å². The van der Waals surface area contributed by atoms with E-state index in [1.54, 1.807) is 18.2 Å². The summed E-state index contributed by atoms with van der Waals surface area (Å²) >= 11 is 0. The zero-order valence-corrected chi connectivity index (χ0v) is 9.87. The molecule has 1 aromatic rings. The van der Waals surface area contributed by atoms with E-state index in [2.05, 4.69) is 16.2 Å². The number of rotatable bonds is 3. The van der Waals surface area contributed by atoms with Crippen LogP contribution in [0.2, 0.25) is 0 Å². The molecule has 98 valence electrons. The maximum atomic E-state index is 13.2. The molecule has 0 aliphatic heterocycles. The summed E-state index contributed by atoms with van der Waals surface area (Å²) in [6.07, 6.45) is 0. The van der Waals surface area contributed by atoms with Crippen molar-refractivity contribution < 1.29 is 14.0 Å². The average Bonchev–Trinajstić information content (AvgIpc) is 2.34. The van der Waals surface area contributed by atoms with Crippen LogP contribution in [-0.2, 0) is 11.3 Å². The third-order valence-corrected chi connectivity index (χ3v) is 2.11. The summed E-state index contributed by atoms with van der Waals surface area (Å²) in [5, 5.41) is 2.39. The highest BCUT2D eigenvalue weighted by Gasteiger charge is 2.08. The molecule has 18 heavy (non-hydrogen) atoms. The van der Waals surface area contributed by atoms with Gasteiger partial charge in [0.1, 0.15) is 5.82 Å². The molecule has 0 fully saturated rings. The van der Waals surface area contributed by atoms with E-state index in [-0.39, 0.29) is 6.54 Å². The van der Waals surface area contributed by atoms with E-state index in [0.29, 0.717) is 5.56 Å². The fourth-order valence-electron chi connectivity index (χ4n) is 1.09.